The number of carbonyl (C=O) groups excluding carboxylic acids is 4. The zero-order chi connectivity index (χ0) is 54.0. The van der Waals surface area contributed by atoms with Crippen molar-refractivity contribution in [1.29, 1.82) is 0 Å². The molecule has 0 atom stereocenters. The van der Waals surface area contributed by atoms with Gasteiger partial charge in [0.05, 0.1) is 23.5 Å². The third-order valence-corrected chi connectivity index (χ3v) is 14.5. The predicted octanol–water partition coefficient (Wildman–Crippen LogP) is 6.05. The van der Waals surface area contributed by atoms with Crippen LogP contribution in [0.2, 0.25) is 0 Å². The van der Waals surface area contributed by atoms with Crippen molar-refractivity contribution in [3.05, 3.63) is 84.1 Å². The lowest BCUT2D eigenvalue weighted by molar-refractivity contribution is -0.134. The average Bonchev–Trinajstić information content (AvgIpc) is 3.39. The van der Waals surface area contributed by atoms with Crippen LogP contribution in [-0.2, 0) is 16.0 Å². The number of likely N-dealkylation sites (tertiary alicyclic amines) is 1. The van der Waals surface area contributed by atoms with Gasteiger partial charge in [-0.2, -0.15) is 5.10 Å². The van der Waals surface area contributed by atoms with Crippen molar-refractivity contribution in [3.63, 3.8) is 0 Å². The van der Waals surface area contributed by atoms with Crippen molar-refractivity contribution in [3.8, 4) is 0 Å². The molecule has 4 fully saturated rings. The van der Waals surface area contributed by atoms with Crippen LogP contribution in [0.25, 0.3) is 12.2 Å². The number of hydrogen-bond acceptors (Lipinski definition) is 12. The summed E-state index contributed by atoms with van der Waals surface area (Å²) in [6, 6.07) is 6.11. The lowest BCUT2D eigenvalue weighted by Gasteiger charge is -2.40. The minimum Gasteiger partial charge on any atom is -0.444 e. The van der Waals surface area contributed by atoms with Gasteiger partial charge in [0.2, 0.25) is 5.91 Å². The highest BCUT2D eigenvalue weighted by Crippen LogP contribution is 2.26. The Kier molecular flexibility index (Phi) is 25.5. The number of benzene rings is 1. The molecule has 7 rings (SSSR count). The molecule has 3 N–H and O–H groups in total. The SMILES string of the molecule is C.C/C=c1/c(Cc2ccc(F)c(C(=O)N3CCN(C(=O)CN4CCN(CC5CCN(C(=O)c6ncc(Br)cc6NC(=O)OC(C)(C)C)CC5)CC4)CC3)c2)n[nH]c(=O)/c1=C/C.CC.CCN(CC)CC1CCNCC1. The number of ether oxygens (including phenoxy) is 1. The fraction of sp³-hybridized carbons (Fsp3) is 0.625. The lowest BCUT2D eigenvalue weighted by atomic mass is 9.95. The second-order valence-electron chi connectivity index (χ2n) is 20.2. The minimum atomic E-state index is -0.688. The number of nitrogens with one attached hydrogen (secondary N) is 3. The molecule has 0 bridgehead atoms. The van der Waals surface area contributed by atoms with Gasteiger partial charge >= 0.3 is 6.09 Å². The van der Waals surface area contributed by atoms with Crippen LogP contribution in [0.15, 0.2) is 39.7 Å². The number of hydrogen-bond donors (Lipinski definition) is 3. The molecule has 17 nitrogen and oxygen atoms in total. The number of halogens is 2. The fourth-order valence-electron chi connectivity index (χ4n) is 9.91. The molecule has 2 aromatic heterocycles. The van der Waals surface area contributed by atoms with E-state index in [4.69, 9.17) is 4.74 Å². The van der Waals surface area contributed by atoms with Crippen LogP contribution in [-0.4, -0.2) is 185 Å². The first-order valence-corrected chi connectivity index (χ1v) is 27.7. The van der Waals surface area contributed by atoms with E-state index in [2.05, 4.69) is 70.3 Å². The smallest absolute Gasteiger partial charge is 0.412 e. The summed E-state index contributed by atoms with van der Waals surface area (Å²) in [7, 11) is 0. The van der Waals surface area contributed by atoms with E-state index in [1.165, 1.54) is 51.6 Å². The van der Waals surface area contributed by atoms with Crippen molar-refractivity contribution in [1.82, 2.24) is 49.9 Å². The maximum atomic E-state index is 15.0. The summed E-state index contributed by atoms with van der Waals surface area (Å²) >= 11 is 3.38. The van der Waals surface area contributed by atoms with Crippen LogP contribution in [0.5, 0.6) is 0 Å². The van der Waals surface area contributed by atoms with Gasteiger partial charge in [0, 0.05) is 106 Å². The van der Waals surface area contributed by atoms with Gasteiger partial charge in [0.1, 0.15) is 11.4 Å². The van der Waals surface area contributed by atoms with Gasteiger partial charge < -0.3 is 34.6 Å². The van der Waals surface area contributed by atoms with E-state index >= 15 is 4.39 Å². The molecular formula is C56H87BrFN11O6. The van der Waals surface area contributed by atoms with E-state index < -0.39 is 23.4 Å². The molecule has 4 saturated heterocycles. The monoisotopic (exact) mass is 1110 g/mol. The minimum absolute atomic E-state index is 0. The number of piperazine rings is 2. The summed E-state index contributed by atoms with van der Waals surface area (Å²) in [5, 5.41) is 14.0. The van der Waals surface area contributed by atoms with E-state index in [9.17, 15) is 24.0 Å². The summed E-state index contributed by atoms with van der Waals surface area (Å²) in [6.45, 7) is 30.6. The summed E-state index contributed by atoms with van der Waals surface area (Å²) in [4.78, 5) is 81.7. The van der Waals surface area contributed by atoms with E-state index in [1.807, 2.05) is 26.8 Å². The van der Waals surface area contributed by atoms with Gasteiger partial charge in [-0.25, -0.2) is 19.3 Å². The number of rotatable bonds is 13. The third kappa shape index (κ3) is 18.6. The van der Waals surface area contributed by atoms with Crippen LogP contribution in [0.3, 0.4) is 0 Å². The normalized spacial score (nSPS) is 17.6. The third-order valence-electron chi connectivity index (χ3n) is 14.1. The number of amides is 4. The summed E-state index contributed by atoms with van der Waals surface area (Å²) in [6.07, 6.45) is 9.19. The highest BCUT2D eigenvalue weighted by atomic mass is 79.9. The van der Waals surface area contributed by atoms with Gasteiger partial charge in [-0.1, -0.05) is 53.3 Å². The molecule has 0 saturated carbocycles. The van der Waals surface area contributed by atoms with Crippen LogP contribution < -0.4 is 26.6 Å². The Hall–Kier alpha value is -5.08. The number of aromatic nitrogens is 3. The summed E-state index contributed by atoms with van der Waals surface area (Å²) in [5.74, 6) is 0.141. The molecule has 3 aromatic rings. The molecular weight excluding hydrogens is 1020 g/mol. The molecule has 75 heavy (non-hydrogen) atoms. The topological polar surface area (TPSA) is 180 Å². The maximum Gasteiger partial charge on any atom is 0.412 e. The summed E-state index contributed by atoms with van der Waals surface area (Å²) < 4.78 is 21.0. The highest BCUT2D eigenvalue weighted by Gasteiger charge is 2.31. The zero-order valence-corrected chi connectivity index (χ0v) is 47.1. The first-order chi connectivity index (χ1) is 35.5. The first kappa shape index (κ1) is 62.5. The number of H-pyrrole nitrogens is 1. The highest BCUT2D eigenvalue weighted by molar-refractivity contribution is 9.10. The van der Waals surface area contributed by atoms with E-state index in [0.29, 0.717) is 90.0 Å². The number of nitrogens with zero attached hydrogens (tertiary/aromatic N) is 8. The second-order valence-corrected chi connectivity index (χ2v) is 21.2. The van der Waals surface area contributed by atoms with Gasteiger partial charge in [-0.05, 0) is 138 Å². The molecule has 416 valence electrons. The number of carbonyl (C=O) groups is 4. The van der Waals surface area contributed by atoms with Gasteiger partial charge in [0.25, 0.3) is 17.4 Å². The van der Waals surface area contributed by atoms with Gasteiger partial charge in [-0.15, -0.1) is 0 Å². The van der Waals surface area contributed by atoms with Crippen molar-refractivity contribution in [2.75, 3.05) is 117 Å². The Bertz CT molecular complexity index is 2510. The zero-order valence-electron chi connectivity index (χ0n) is 45.5. The maximum absolute atomic E-state index is 15.0. The standard InChI is InChI=1S/C43H55BrFN9O6.C10H22N2.C2H6.CH4/c1-6-31-32(7-2)39(56)49-48-35(31)23-29-8-9-34(45)33(22-29)40(57)54-20-18-52(19-21-54)37(55)27-51-16-14-50(15-17-51)26-28-10-12-53(13-11-28)41(58)38-36(24-30(44)25-46-38)47-42(59)60-43(3,4)5;1-3-12(4-2)9-10-5-7-11-8-6-10;1-2;/h6-9,22,24-25,28H,10-21,23,26-27H2,1-5H3,(H,47,59)(H,49,56);10-11H,3-9H2,1-2H3;1-2H3;1H4/b31-6+,32-7+;;;. The largest absolute Gasteiger partial charge is 0.444 e. The van der Waals surface area contributed by atoms with Crippen molar-refractivity contribution < 1.29 is 28.3 Å². The Morgan fingerprint density at radius 1 is 0.827 bits per heavy atom. The van der Waals surface area contributed by atoms with Gasteiger partial charge in [-0.3, -0.25) is 29.4 Å². The fourth-order valence-corrected chi connectivity index (χ4v) is 10.2. The van der Waals surface area contributed by atoms with E-state index in [0.717, 1.165) is 51.5 Å². The molecule has 0 spiro atoms. The average molecular weight is 1110 g/mol. The Balaban J connectivity index is 0.000000708. The quantitative estimate of drug-likeness (QED) is 0.181. The molecule has 0 unspecified atom stereocenters. The lowest BCUT2D eigenvalue weighted by Crippen LogP contribution is -2.55. The Labute approximate surface area is 453 Å². The van der Waals surface area contributed by atoms with Gasteiger partial charge in [0.15, 0.2) is 5.69 Å². The number of aromatic amines is 1. The first-order valence-electron chi connectivity index (χ1n) is 26.9. The summed E-state index contributed by atoms with van der Waals surface area (Å²) in [5.41, 5.74) is 0.779. The number of piperidine rings is 2. The van der Waals surface area contributed by atoms with Crippen LogP contribution in [0.1, 0.15) is 128 Å². The molecule has 4 amide bonds. The van der Waals surface area contributed by atoms with Crippen LogP contribution in [0.4, 0.5) is 14.9 Å². The molecule has 19 heteroatoms. The molecule has 1 aromatic carbocycles. The second kappa shape index (κ2) is 30.6. The van der Waals surface area contributed by atoms with Crippen molar-refractivity contribution >= 4 is 57.6 Å². The predicted molar refractivity (Wildman–Crippen MR) is 301 cm³/mol. The molecule has 4 aliphatic rings. The van der Waals surface area contributed by atoms with Crippen LogP contribution in [0, 0.1) is 17.7 Å². The van der Waals surface area contributed by atoms with Crippen molar-refractivity contribution in [2.45, 2.75) is 107 Å². The van der Waals surface area contributed by atoms with Crippen LogP contribution >= 0.6 is 15.9 Å². The Morgan fingerprint density at radius 3 is 2.03 bits per heavy atom. The number of anilines is 1. The Morgan fingerprint density at radius 2 is 1.43 bits per heavy atom. The molecule has 4 aliphatic heterocycles. The molecule has 6 heterocycles. The number of pyridine rings is 1. The van der Waals surface area contributed by atoms with Crippen molar-refractivity contribution in [2.24, 2.45) is 11.8 Å². The van der Waals surface area contributed by atoms with E-state index in [1.54, 1.807) is 72.9 Å². The molecule has 0 aliphatic carbocycles. The molecule has 0 radical (unpaired) electrons. The van der Waals surface area contributed by atoms with E-state index in [-0.39, 0.29) is 36.1 Å².